The number of carbonyl (C=O) groups is 3. The van der Waals surface area contributed by atoms with E-state index >= 15 is 0 Å². The highest BCUT2D eigenvalue weighted by molar-refractivity contribution is 6.04. The number of aliphatic hydroxyl groups excluding tert-OH is 1. The summed E-state index contributed by atoms with van der Waals surface area (Å²) in [7, 11) is 1.55. The summed E-state index contributed by atoms with van der Waals surface area (Å²) in [5.74, 6) is -3.56. The summed E-state index contributed by atoms with van der Waals surface area (Å²) in [4.78, 5) is 42.7. The Morgan fingerprint density at radius 3 is 2.58 bits per heavy atom. The van der Waals surface area contributed by atoms with Crippen LogP contribution in [0.5, 0.6) is 5.75 Å². The number of ether oxygens (including phenoxy) is 2. The highest BCUT2D eigenvalue weighted by atomic mass is 16.5. The fourth-order valence-electron chi connectivity index (χ4n) is 6.10. The summed E-state index contributed by atoms with van der Waals surface area (Å²) < 4.78 is 11.6. The van der Waals surface area contributed by atoms with Crippen LogP contribution in [-0.2, 0) is 19.1 Å². The van der Waals surface area contributed by atoms with Gasteiger partial charge in [-0.05, 0) is 43.5 Å². The van der Waals surface area contributed by atoms with Crippen molar-refractivity contribution in [2.45, 2.75) is 37.5 Å². The minimum absolute atomic E-state index is 0.0845. The van der Waals surface area contributed by atoms with Crippen molar-refractivity contribution in [1.82, 2.24) is 4.90 Å². The zero-order chi connectivity index (χ0) is 24.1. The molecule has 3 aliphatic heterocycles. The van der Waals surface area contributed by atoms with Crippen LogP contribution in [0.25, 0.3) is 0 Å². The number of nitrogens with zero attached hydrogens (tertiary/aromatic N) is 2. The molecule has 178 valence electrons. The van der Waals surface area contributed by atoms with Gasteiger partial charge in [0.05, 0.1) is 25.2 Å². The third-order valence-corrected chi connectivity index (χ3v) is 7.62. The van der Waals surface area contributed by atoms with E-state index in [2.05, 4.69) is 6.58 Å². The molecule has 2 amide bonds. The Kier molecular flexibility index (Phi) is 5.74. The van der Waals surface area contributed by atoms with Crippen molar-refractivity contribution >= 4 is 23.5 Å². The predicted molar refractivity (Wildman–Crippen MR) is 119 cm³/mol. The molecule has 33 heavy (non-hydrogen) atoms. The van der Waals surface area contributed by atoms with Gasteiger partial charge in [-0.2, -0.15) is 0 Å². The smallest absolute Gasteiger partial charge is 0.310 e. The first-order chi connectivity index (χ1) is 15.7. The Balaban J connectivity index is 1.81. The molecule has 1 spiro atoms. The minimum Gasteiger partial charge on any atom is -0.497 e. The monoisotopic (exact) mass is 458 g/mol. The van der Waals surface area contributed by atoms with Crippen molar-refractivity contribution in [3.8, 4) is 5.75 Å². The number of anilines is 1. The van der Waals surface area contributed by atoms with Crippen molar-refractivity contribution in [3.63, 3.8) is 0 Å². The lowest BCUT2D eigenvalue weighted by Gasteiger charge is -2.37. The van der Waals surface area contributed by atoms with Crippen LogP contribution in [0.3, 0.4) is 0 Å². The lowest BCUT2D eigenvalue weighted by atomic mass is 9.62. The second-order valence-electron chi connectivity index (χ2n) is 9.23. The van der Waals surface area contributed by atoms with Gasteiger partial charge in [-0.1, -0.05) is 13.0 Å². The fourth-order valence-corrected chi connectivity index (χ4v) is 6.10. The molecule has 3 fully saturated rings. The van der Waals surface area contributed by atoms with Crippen LogP contribution >= 0.6 is 0 Å². The molecule has 4 rings (SSSR count). The molecule has 3 heterocycles. The van der Waals surface area contributed by atoms with Gasteiger partial charge in [0.1, 0.15) is 23.3 Å². The van der Waals surface area contributed by atoms with Crippen molar-refractivity contribution < 1.29 is 34.1 Å². The SMILES string of the molecule is C=CCN(C(=O)C1N(CCO)C(=O)[C@@H]2[C@H](C(=O)O)[C@@]3(C)OC12CC3C)c1ccc(OC)cc1. The van der Waals surface area contributed by atoms with Gasteiger partial charge in [0, 0.05) is 18.8 Å². The lowest BCUT2D eigenvalue weighted by molar-refractivity contribution is -0.156. The highest BCUT2D eigenvalue weighted by Crippen LogP contribution is 2.65. The summed E-state index contributed by atoms with van der Waals surface area (Å²) in [5, 5.41) is 19.7. The van der Waals surface area contributed by atoms with Crippen molar-refractivity contribution in [3.05, 3.63) is 36.9 Å². The molecule has 3 unspecified atom stereocenters. The zero-order valence-electron chi connectivity index (χ0n) is 19.1. The molecule has 3 saturated heterocycles. The van der Waals surface area contributed by atoms with Crippen LogP contribution in [0, 0.1) is 17.8 Å². The Hall–Kier alpha value is -2.91. The van der Waals surface area contributed by atoms with E-state index in [4.69, 9.17) is 9.47 Å². The van der Waals surface area contributed by atoms with Gasteiger partial charge in [-0.25, -0.2) is 0 Å². The van der Waals surface area contributed by atoms with Gasteiger partial charge in [-0.3, -0.25) is 14.4 Å². The van der Waals surface area contributed by atoms with E-state index in [-0.39, 0.29) is 25.6 Å². The summed E-state index contributed by atoms with van der Waals surface area (Å²) in [6, 6.07) is 5.87. The first-order valence-corrected chi connectivity index (χ1v) is 11.1. The summed E-state index contributed by atoms with van der Waals surface area (Å²) in [5.41, 5.74) is -1.75. The Morgan fingerprint density at radius 1 is 1.36 bits per heavy atom. The molecule has 2 N–H and O–H groups in total. The Morgan fingerprint density at radius 2 is 2.03 bits per heavy atom. The number of aliphatic carboxylic acids is 1. The van der Waals surface area contributed by atoms with Crippen molar-refractivity contribution in [2.75, 3.05) is 31.7 Å². The van der Waals surface area contributed by atoms with E-state index in [1.807, 2.05) is 6.92 Å². The maximum atomic E-state index is 14.1. The van der Waals surface area contributed by atoms with Crippen LogP contribution in [0.1, 0.15) is 20.3 Å². The van der Waals surface area contributed by atoms with E-state index < -0.39 is 46.9 Å². The number of methoxy groups -OCH3 is 1. The van der Waals surface area contributed by atoms with Crippen LogP contribution in [0.4, 0.5) is 5.69 Å². The molecular weight excluding hydrogens is 428 g/mol. The van der Waals surface area contributed by atoms with Crippen LogP contribution in [-0.4, -0.2) is 76.9 Å². The minimum atomic E-state index is -1.27. The van der Waals surface area contributed by atoms with Gasteiger partial charge >= 0.3 is 5.97 Å². The topological polar surface area (TPSA) is 117 Å². The molecule has 6 atom stereocenters. The molecule has 3 aliphatic rings. The molecule has 1 aromatic carbocycles. The number of rotatable bonds is 8. The van der Waals surface area contributed by atoms with Crippen LogP contribution in [0.2, 0.25) is 0 Å². The van der Waals surface area contributed by atoms with Gasteiger partial charge in [0.25, 0.3) is 5.91 Å². The summed E-state index contributed by atoms with van der Waals surface area (Å²) >= 11 is 0. The number of carboxylic acid groups (broad SMARTS) is 1. The fraction of sp³-hybridized carbons (Fsp3) is 0.542. The van der Waals surface area contributed by atoms with Crippen LogP contribution in [0.15, 0.2) is 36.9 Å². The quantitative estimate of drug-likeness (QED) is 0.564. The molecular formula is C24H30N2O7. The second kappa shape index (κ2) is 8.14. The third-order valence-electron chi connectivity index (χ3n) is 7.62. The second-order valence-corrected chi connectivity index (χ2v) is 9.23. The number of carboxylic acids is 1. The molecule has 0 aromatic heterocycles. The van der Waals surface area contributed by atoms with Crippen molar-refractivity contribution in [2.24, 2.45) is 17.8 Å². The normalized spacial score (nSPS) is 34.3. The largest absolute Gasteiger partial charge is 0.497 e. The third kappa shape index (κ3) is 3.17. The molecule has 2 bridgehead atoms. The number of benzene rings is 1. The number of likely N-dealkylation sites (tertiary alicyclic amines) is 1. The van der Waals surface area contributed by atoms with Gasteiger partial charge < -0.3 is 29.5 Å². The van der Waals surface area contributed by atoms with E-state index in [0.717, 1.165) is 0 Å². The Bertz CT molecular complexity index is 980. The maximum Gasteiger partial charge on any atom is 0.310 e. The van der Waals surface area contributed by atoms with Gasteiger partial charge in [-0.15, -0.1) is 6.58 Å². The maximum absolute atomic E-state index is 14.1. The van der Waals surface area contributed by atoms with Crippen LogP contribution < -0.4 is 9.64 Å². The predicted octanol–water partition coefficient (Wildman–Crippen LogP) is 1.30. The number of amides is 2. The van der Waals surface area contributed by atoms with Gasteiger partial charge in [0.15, 0.2) is 0 Å². The Labute approximate surface area is 192 Å². The standard InChI is InChI=1S/C24H30N2O7/c1-5-10-25(15-6-8-16(32-4)9-7-15)21(29)19-24-13-14(2)23(3,33-24)18(22(30)31)17(24)20(28)26(19)11-12-27/h5-9,14,17-19,27H,1,10-13H2,2-4H3,(H,30,31)/t14?,17-,18+,19?,23-,24?/m0/s1. The molecule has 0 saturated carbocycles. The van der Waals surface area contributed by atoms with Gasteiger partial charge in [0.2, 0.25) is 5.91 Å². The molecule has 0 radical (unpaired) electrons. The molecule has 1 aromatic rings. The first-order valence-electron chi connectivity index (χ1n) is 11.1. The number of β-amino-alcohol motifs (C(OH)–C–C–N with tert-alkyl or cyclic N) is 1. The average molecular weight is 459 g/mol. The number of carbonyl (C=O) groups excluding carboxylic acids is 2. The average Bonchev–Trinajstić information content (AvgIpc) is 3.29. The van der Waals surface area contributed by atoms with E-state index in [1.54, 1.807) is 44.4 Å². The summed E-state index contributed by atoms with van der Waals surface area (Å²) in [6.07, 6.45) is 1.97. The van der Waals surface area contributed by atoms with Crippen molar-refractivity contribution in [1.29, 1.82) is 0 Å². The highest BCUT2D eigenvalue weighted by Gasteiger charge is 2.80. The first kappa shape index (κ1) is 23.3. The molecule has 9 heteroatoms. The molecule has 0 aliphatic carbocycles. The van der Waals surface area contributed by atoms with E-state index in [1.165, 1.54) is 9.80 Å². The lowest BCUT2D eigenvalue weighted by Crippen LogP contribution is -2.57. The number of aliphatic hydroxyl groups is 1. The molecule has 9 nitrogen and oxygen atoms in total. The van der Waals surface area contributed by atoms with E-state index in [0.29, 0.717) is 17.9 Å². The zero-order valence-corrected chi connectivity index (χ0v) is 19.1. The number of fused-ring (bicyclic) bond motifs is 1. The number of hydrogen-bond acceptors (Lipinski definition) is 6. The number of hydrogen-bond donors (Lipinski definition) is 2. The summed E-state index contributed by atoms with van der Waals surface area (Å²) in [6.45, 7) is 7.12. The van der Waals surface area contributed by atoms with E-state index in [9.17, 15) is 24.6 Å².